The fourth-order valence-electron chi connectivity index (χ4n) is 8.04. The lowest BCUT2D eigenvalue weighted by molar-refractivity contribution is -0.229. The normalized spacial score (nSPS) is 39.2. The van der Waals surface area contributed by atoms with Crippen LogP contribution < -0.4 is 0 Å². The van der Waals surface area contributed by atoms with Gasteiger partial charge in [0.2, 0.25) is 5.78 Å². The van der Waals surface area contributed by atoms with E-state index in [9.17, 15) is 29.1 Å². The summed E-state index contributed by atoms with van der Waals surface area (Å²) >= 11 is 0. The number of fused-ring (bicyclic) bond motifs is 5. The maximum Gasteiger partial charge on any atom is 0.306 e. The molecule has 0 aromatic heterocycles. The topological polar surface area (TPSA) is 144 Å². The maximum absolute atomic E-state index is 17.4. The molecule has 0 heterocycles. The SMILES string of the molecule is CCCC(=O)O[C@]1(C(=O)COC(=O)CCCC(=O)O)CC[C@H]2[C@@H]3C[C@H](F)C4=CC(=O)C=C[C@]4(C)[C@@]3(F)[C@@H](O)C[C@@]21C. The molecule has 0 saturated heterocycles. The molecule has 0 radical (unpaired) electrons. The molecule has 3 saturated carbocycles. The average Bonchev–Trinajstić information content (AvgIpc) is 3.17. The van der Waals surface area contributed by atoms with Crippen molar-refractivity contribution in [3.8, 4) is 0 Å². The quantitative estimate of drug-likeness (QED) is 0.369. The van der Waals surface area contributed by atoms with Crippen molar-refractivity contribution in [1.29, 1.82) is 0 Å². The molecular weight excluding hydrogens is 542 g/mol. The number of esters is 2. The Balaban J connectivity index is 1.68. The number of rotatable bonds is 10. The van der Waals surface area contributed by atoms with Crippen molar-refractivity contribution >= 4 is 29.5 Å². The van der Waals surface area contributed by atoms with Gasteiger partial charge in [-0.2, -0.15) is 0 Å². The van der Waals surface area contributed by atoms with Crippen LogP contribution in [-0.4, -0.2) is 69.8 Å². The van der Waals surface area contributed by atoms with E-state index in [4.69, 9.17) is 14.6 Å². The van der Waals surface area contributed by atoms with Gasteiger partial charge in [0.25, 0.3) is 0 Å². The summed E-state index contributed by atoms with van der Waals surface area (Å²) in [5.74, 6) is -5.46. The van der Waals surface area contributed by atoms with E-state index >= 15 is 8.78 Å². The number of carboxylic acids is 1. The van der Waals surface area contributed by atoms with Crippen molar-refractivity contribution in [2.75, 3.05) is 6.61 Å². The number of Topliss-reactive ketones (excluding diaryl/α,β-unsaturated/α-hetero) is 1. The highest BCUT2D eigenvalue weighted by molar-refractivity contribution is 6.01. The number of ketones is 2. The Morgan fingerprint density at radius 1 is 1.10 bits per heavy atom. The summed E-state index contributed by atoms with van der Waals surface area (Å²) in [6.07, 6.45) is -0.197. The van der Waals surface area contributed by atoms with Crippen molar-refractivity contribution in [2.24, 2.45) is 22.7 Å². The minimum atomic E-state index is -2.36. The van der Waals surface area contributed by atoms with E-state index in [1.807, 2.05) is 0 Å². The van der Waals surface area contributed by atoms with Gasteiger partial charge in [0, 0.05) is 36.0 Å². The molecular formula is C30H38F2O9. The van der Waals surface area contributed by atoms with Crippen LogP contribution in [0.3, 0.4) is 0 Å². The summed E-state index contributed by atoms with van der Waals surface area (Å²) in [4.78, 5) is 61.6. The van der Waals surface area contributed by atoms with Gasteiger partial charge in [0.1, 0.15) is 6.17 Å². The number of hydrogen-bond donors (Lipinski definition) is 2. The Kier molecular flexibility index (Phi) is 8.34. The molecule has 0 bridgehead atoms. The molecule has 2 N–H and O–H groups in total. The second-order valence-corrected chi connectivity index (χ2v) is 12.3. The first-order chi connectivity index (χ1) is 19.2. The summed E-state index contributed by atoms with van der Waals surface area (Å²) < 4.78 is 44.1. The van der Waals surface area contributed by atoms with Crippen LogP contribution in [0.25, 0.3) is 0 Å². The summed E-state index contributed by atoms with van der Waals surface area (Å²) in [7, 11) is 0. The zero-order valence-corrected chi connectivity index (χ0v) is 23.6. The molecule has 4 rings (SSSR count). The number of alkyl halides is 2. The molecule has 4 aliphatic rings. The molecule has 0 aliphatic heterocycles. The minimum absolute atomic E-state index is 0.00138. The van der Waals surface area contributed by atoms with E-state index in [1.165, 1.54) is 19.1 Å². The zero-order chi connectivity index (χ0) is 30.4. The Morgan fingerprint density at radius 2 is 1.80 bits per heavy atom. The molecule has 11 heteroatoms. The van der Waals surface area contributed by atoms with E-state index in [1.54, 1.807) is 13.8 Å². The number of halogens is 2. The van der Waals surface area contributed by atoms with Crippen molar-refractivity contribution in [2.45, 2.75) is 102 Å². The second kappa shape index (κ2) is 11.0. The van der Waals surface area contributed by atoms with Crippen LogP contribution in [0.5, 0.6) is 0 Å². The molecule has 41 heavy (non-hydrogen) atoms. The van der Waals surface area contributed by atoms with E-state index in [0.717, 1.165) is 6.08 Å². The average molecular weight is 581 g/mol. The molecule has 0 aromatic carbocycles. The number of hydrogen-bond acceptors (Lipinski definition) is 8. The number of allylic oxidation sites excluding steroid dienone is 4. The summed E-state index contributed by atoms with van der Waals surface area (Å²) in [6, 6.07) is 0. The zero-order valence-electron chi connectivity index (χ0n) is 23.6. The van der Waals surface area contributed by atoms with Crippen molar-refractivity contribution < 1.29 is 52.4 Å². The van der Waals surface area contributed by atoms with E-state index in [2.05, 4.69) is 0 Å². The first-order valence-corrected chi connectivity index (χ1v) is 14.2. The molecule has 8 atom stereocenters. The predicted octanol–water partition coefficient (Wildman–Crippen LogP) is 3.75. The van der Waals surface area contributed by atoms with E-state index in [-0.39, 0.29) is 56.9 Å². The smallest absolute Gasteiger partial charge is 0.306 e. The van der Waals surface area contributed by atoms with Crippen molar-refractivity contribution in [1.82, 2.24) is 0 Å². The Morgan fingerprint density at radius 3 is 2.46 bits per heavy atom. The van der Waals surface area contributed by atoms with Gasteiger partial charge in [0.15, 0.2) is 23.7 Å². The van der Waals surface area contributed by atoms with Crippen LogP contribution in [0.15, 0.2) is 23.8 Å². The molecule has 0 aromatic rings. The van der Waals surface area contributed by atoms with Gasteiger partial charge in [0.05, 0.1) is 6.10 Å². The molecule has 4 aliphatic carbocycles. The third-order valence-corrected chi connectivity index (χ3v) is 10.1. The number of carbonyl (C=O) groups is 5. The highest BCUT2D eigenvalue weighted by Gasteiger charge is 2.76. The van der Waals surface area contributed by atoms with Gasteiger partial charge in [-0.1, -0.05) is 19.9 Å². The van der Waals surface area contributed by atoms with Gasteiger partial charge in [-0.3, -0.25) is 24.0 Å². The van der Waals surface area contributed by atoms with Crippen LogP contribution in [0.1, 0.15) is 78.6 Å². The fourth-order valence-corrected chi connectivity index (χ4v) is 8.04. The van der Waals surface area contributed by atoms with Crippen LogP contribution in [-0.2, 0) is 33.4 Å². The Bertz CT molecular complexity index is 1200. The number of ether oxygens (including phenoxy) is 2. The van der Waals surface area contributed by atoms with Crippen LogP contribution >= 0.6 is 0 Å². The minimum Gasteiger partial charge on any atom is -0.481 e. The van der Waals surface area contributed by atoms with Gasteiger partial charge >= 0.3 is 17.9 Å². The number of carboxylic acid groups (broad SMARTS) is 1. The summed E-state index contributed by atoms with van der Waals surface area (Å²) in [5, 5.41) is 20.3. The van der Waals surface area contributed by atoms with Crippen LogP contribution in [0.4, 0.5) is 8.78 Å². The highest BCUT2D eigenvalue weighted by atomic mass is 19.1. The lowest BCUT2D eigenvalue weighted by Crippen LogP contribution is -2.70. The highest BCUT2D eigenvalue weighted by Crippen LogP contribution is 2.70. The lowest BCUT2D eigenvalue weighted by atomic mass is 9.44. The largest absolute Gasteiger partial charge is 0.481 e. The first kappa shape index (κ1) is 31.0. The molecule has 0 spiro atoms. The Hall–Kier alpha value is -2.95. The lowest BCUT2D eigenvalue weighted by Gasteiger charge is -2.63. The first-order valence-electron chi connectivity index (χ1n) is 14.2. The van der Waals surface area contributed by atoms with Crippen molar-refractivity contribution in [3.63, 3.8) is 0 Å². The van der Waals surface area contributed by atoms with E-state index < -0.39 is 82.3 Å². The molecule has 0 amide bonds. The second-order valence-electron chi connectivity index (χ2n) is 12.3. The third-order valence-electron chi connectivity index (χ3n) is 10.1. The summed E-state index contributed by atoms with van der Waals surface area (Å²) in [6.45, 7) is 4.12. The summed E-state index contributed by atoms with van der Waals surface area (Å²) in [5.41, 5.74) is -7.13. The molecule has 9 nitrogen and oxygen atoms in total. The van der Waals surface area contributed by atoms with Gasteiger partial charge in [-0.05, 0) is 69.1 Å². The van der Waals surface area contributed by atoms with Gasteiger partial charge in [-0.15, -0.1) is 0 Å². The number of carbonyl (C=O) groups excluding carboxylic acids is 4. The van der Waals surface area contributed by atoms with Crippen LogP contribution in [0.2, 0.25) is 0 Å². The predicted molar refractivity (Wildman–Crippen MR) is 140 cm³/mol. The number of aliphatic hydroxyl groups is 1. The maximum atomic E-state index is 17.4. The Labute approximate surface area is 237 Å². The standard InChI is InChI=1S/C30H38F2O9/c1-4-6-26(39)41-29(23(35)16-40-25(38)8-5-7-24(36)37)12-10-18-19-14-21(31)20-13-17(33)9-11-27(20,2)30(19,32)22(34)15-28(18,29)3/h9,11,13,18-19,21-22,34H,4-8,10,12,14-16H2,1-3H3,(H,36,37)/t18-,19-,21-,22-,27-,28-,29-,30-/m0/s1. The molecule has 226 valence electrons. The molecule has 3 fully saturated rings. The number of aliphatic hydroxyl groups excluding tert-OH is 1. The fraction of sp³-hybridized carbons (Fsp3) is 0.700. The number of aliphatic carboxylic acids is 1. The van der Waals surface area contributed by atoms with E-state index in [0.29, 0.717) is 6.42 Å². The van der Waals surface area contributed by atoms with Crippen molar-refractivity contribution in [3.05, 3.63) is 23.8 Å². The molecule has 0 unspecified atom stereocenters. The third kappa shape index (κ3) is 4.83. The van der Waals surface area contributed by atoms with Crippen LogP contribution in [0, 0.1) is 22.7 Å². The van der Waals surface area contributed by atoms with Gasteiger partial charge in [-0.25, -0.2) is 8.78 Å². The van der Waals surface area contributed by atoms with Gasteiger partial charge < -0.3 is 19.7 Å². The monoisotopic (exact) mass is 580 g/mol.